The summed E-state index contributed by atoms with van der Waals surface area (Å²) in [5, 5.41) is 6.18. The molecule has 1 fully saturated rings. The lowest BCUT2D eigenvalue weighted by atomic mass is 9.99. The highest BCUT2D eigenvalue weighted by Gasteiger charge is 2.20. The van der Waals surface area contributed by atoms with Gasteiger partial charge in [0, 0.05) is 18.6 Å². The molecule has 0 bridgehead atoms. The van der Waals surface area contributed by atoms with E-state index >= 15 is 0 Å². The second-order valence-electron chi connectivity index (χ2n) is 5.28. The summed E-state index contributed by atoms with van der Waals surface area (Å²) in [6, 6.07) is 6.68. The van der Waals surface area contributed by atoms with Crippen LogP contribution in [0.1, 0.15) is 36.5 Å². The molecule has 1 amide bonds. The van der Waals surface area contributed by atoms with E-state index in [1.54, 1.807) is 12.1 Å². The topological polar surface area (TPSA) is 50.4 Å². The van der Waals surface area contributed by atoms with E-state index in [2.05, 4.69) is 22.3 Å². The highest BCUT2D eigenvalue weighted by molar-refractivity contribution is 5.96. The van der Waals surface area contributed by atoms with Crippen LogP contribution in [0.25, 0.3) is 0 Å². The highest BCUT2D eigenvalue weighted by atomic mass is 19.3. The monoisotopic (exact) mass is 298 g/mol. The van der Waals surface area contributed by atoms with Crippen LogP contribution in [0.15, 0.2) is 24.3 Å². The van der Waals surface area contributed by atoms with Crippen LogP contribution in [0.4, 0.5) is 8.78 Å². The zero-order valence-electron chi connectivity index (χ0n) is 11.9. The Kier molecular flexibility index (Phi) is 5.50. The van der Waals surface area contributed by atoms with Crippen LogP contribution in [0.5, 0.6) is 5.75 Å². The Morgan fingerprint density at radius 3 is 2.90 bits per heavy atom. The van der Waals surface area contributed by atoms with Crippen molar-refractivity contribution in [2.45, 2.75) is 44.9 Å². The van der Waals surface area contributed by atoms with Gasteiger partial charge in [-0.3, -0.25) is 4.79 Å². The van der Waals surface area contributed by atoms with Crippen LogP contribution in [-0.2, 0) is 0 Å². The Morgan fingerprint density at radius 1 is 1.43 bits per heavy atom. The molecule has 4 nitrogen and oxygen atoms in total. The van der Waals surface area contributed by atoms with Crippen molar-refractivity contribution in [1.29, 1.82) is 0 Å². The quantitative estimate of drug-likeness (QED) is 0.878. The molecule has 1 heterocycles. The van der Waals surface area contributed by atoms with Gasteiger partial charge in [0.15, 0.2) is 0 Å². The van der Waals surface area contributed by atoms with Crippen molar-refractivity contribution in [2.75, 3.05) is 6.54 Å². The summed E-state index contributed by atoms with van der Waals surface area (Å²) in [6.07, 6.45) is 3.26. The molecule has 1 aliphatic rings. The van der Waals surface area contributed by atoms with Crippen LogP contribution in [0.3, 0.4) is 0 Å². The van der Waals surface area contributed by atoms with Crippen molar-refractivity contribution in [1.82, 2.24) is 10.6 Å². The van der Waals surface area contributed by atoms with Gasteiger partial charge in [-0.25, -0.2) is 0 Å². The molecule has 1 aromatic rings. The fraction of sp³-hybridized carbons (Fsp3) is 0.533. The molecule has 1 aromatic carbocycles. The zero-order chi connectivity index (χ0) is 15.2. The Labute approximate surface area is 122 Å². The first-order chi connectivity index (χ1) is 10.1. The van der Waals surface area contributed by atoms with E-state index in [-0.39, 0.29) is 17.4 Å². The number of halogens is 2. The van der Waals surface area contributed by atoms with Crippen LogP contribution >= 0.6 is 0 Å². The summed E-state index contributed by atoms with van der Waals surface area (Å²) in [5.41, 5.74) is 0.127. The number of alkyl halides is 2. The van der Waals surface area contributed by atoms with Gasteiger partial charge in [0.25, 0.3) is 5.91 Å². The van der Waals surface area contributed by atoms with Gasteiger partial charge in [0.05, 0.1) is 5.56 Å². The second-order valence-corrected chi connectivity index (χ2v) is 5.28. The highest BCUT2D eigenvalue weighted by Crippen LogP contribution is 2.20. The predicted molar refractivity (Wildman–Crippen MR) is 75.6 cm³/mol. The number of benzene rings is 1. The van der Waals surface area contributed by atoms with E-state index in [0.29, 0.717) is 12.6 Å². The standard InChI is InChI=1S/C15H20F2N2O2/c1-10-5-4-6-11(19-10)9-18-14(20)12-7-2-3-8-13(12)21-15(16)17/h2-3,7-8,10-11,15,19H,4-6,9H2,1H3,(H,18,20). The van der Waals surface area contributed by atoms with Crippen molar-refractivity contribution < 1.29 is 18.3 Å². The van der Waals surface area contributed by atoms with E-state index in [0.717, 1.165) is 19.3 Å². The first-order valence-corrected chi connectivity index (χ1v) is 7.14. The molecule has 6 heteroatoms. The molecule has 2 N–H and O–H groups in total. The lowest BCUT2D eigenvalue weighted by Gasteiger charge is -2.28. The van der Waals surface area contributed by atoms with Crippen molar-refractivity contribution in [3.8, 4) is 5.75 Å². The van der Waals surface area contributed by atoms with E-state index < -0.39 is 12.5 Å². The Morgan fingerprint density at radius 2 is 2.19 bits per heavy atom. The minimum absolute atomic E-state index is 0.102. The van der Waals surface area contributed by atoms with Gasteiger partial charge in [-0.05, 0) is 31.9 Å². The molecule has 0 aliphatic carbocycles. The van der Waals surface area contributed by atoms with E-state index in [1.807, 2.05) is 0 Å². The van der Waals surface area contributed by atoms with Gasteiger partial charge in [0.1, 0.15) is 5.75 Å². The molecule has 116 valence electrons. The van der Waals surface area contributed by atoms with Gasteiger partial charge in [0.2, 0.25) is 0 Å². The fourth-order valence-corrected chi connectivity index (χ4v) is 2.56. The van der Waals surface area contributed by atoms with Crippen LogP contribution in [0.2, 0.25) is 0 Å². The number of para-hydroxylation sites is 1. The number of rotatable bonds is 5. The maximum atomic E-state index is 12.3. The molecule has 2 rings (SSSR count). The van der Waals surface area contributed by atoms with E-state index in [1.165, 1.54) is 12.1 Å². The van der Waals surface area contributed by atoms with Crippen molar-refractivity contribution in [2.24, 2.45) is 0 Å². The Hall–Kier alpha value is -1.69. The summed E-state index contributed by atoms with van der Waals surface area (Å²) in [6.45, 7) is -0.355. The number of amides is 1. The summed E-state index contributed by atoms with van der Waals surface area (Å²) < 4.78 is 29.0. The number of hydrogen-bond acceptors (Lipinski definition) is 3. The lowest BCUT2D eigenvalue weighted by Crippen LogP contribution is -2.47. The van der Waals surface area contributed by atoms with Gasteiger partial charge >= 0.3 is 6.61 Å². The summed E-state index contributed by atoms with van der Waals surface area (Å²) in [4.78, 5) is 12.1. The number of carbonyl (C=O) groups is 1. The summed E-state index contributed by atoms with van der Waals surface area (Å²) >= 11 is 0. The Bertz CT molecular complexity index is 482. The van der Waals surface area contributed by atoms with E-state index in [4.69, 9.17) is 0 Å². The molecule has 21 heavy (non-hydrogen) atoms. The van der Waals surface area contributed by atoms with Crippen LogP contribution in [0, 0.1) is 0 Å². The predicted octanol–water partition coefficient (Wildman–Crippen LogP) is 2.55. The SMILES string of the molecule is CC1CCCC(CNC(=O)c2ccccc2OC(F)F)N1. The first kappa shape index (κ1) is 15.7. The number of nitrogens with one attached hydrogen (secondary N) is 2. The molecular weight excluding hydrogens is 278 g/mol. The molecule has 0 aromatic heterocycles. The summed E-state index contributed by atoms with van der Waals surface area (Å²) in [7, 11) is 0. The molecule has 0 spiro atoms. The normalized spacial score (nSPS) is 22.1. The van der Waals surface area contributed by atoms with Gasteiger partial charge in [-0.1, -0.05) is 18.6 Å². The number of hydrogen-bond donors (Lipinski definition) is 2. The minimum Gasteiger partial charge on any atom is -0.434 e. The smallest absolute Gasteiger partial charge is 0.387 e. The van der Waals surface area contributed by atoms with Gasteiger partial charge in [-0.15, -0.1) is 0 Å². The molecule has 1 aliphatic heterocycles. The molecule has 1 saturated heterocycles. The third kappa shape index (κ3) is 4.67. The maximum absolute atomic E-state index is 12.3. The van der Waals surface area contributed by atoms with Crippen molar-refractivity contribution >= 4 is 5.91 Å². The van der Waals surface area contributed by atoms with Crippen LogP contribution < -0.4 is 15.4 Å². The Balaban J connectivity index is 1.94. The number of piperidine rings is 1. The van der Waals surface area contributed by atoms with Gasteiger partial charge < -0.3 is 15.4 Å². The molecule has 2 atom stereocenters. The van der Waals surface area contributed by atoms with Crippen molar-refractivity contribution in [3.63, 3.8) is 0 Å². The first-order valence-electron chi connectivity index (χ1n) is 7.14. The molecule has 2 unspecified atom stereocenters. The molecule has 0 saturated carbocycles. The number of ether oxygens (including phenoxy) is 1. The minimum atomic E-state index is -2.94. The lowest BCUT2D eigenvalue weighted by molar-refractivity contribution is -0.0501. The largest absolute Gasteiger partial charge is 0.434 e. The molecule has 0 radical (unpaired) electrons. The third-order valence-electron chi connectivity index (χ3n) is 3.57. The van der Waals surface area contributed by atoms with Crippen LogP contribution in [-0.4, -0.2) is 31.1 Å². The average Bonchev–Trinajstić information content (AvgIpc) is 2.45. The number of carbonyl (C=O) groups excluding carboxylic acids is 1. The average molecular weight is 298 g/mol. The third-order valence-corrected chi connectivity index (χ3v) is 3.57. The summed E-state index contributed by atoms with van der Waals surface area (Å²) in [5.74, 6) is -0.499. The maximum Gasteiger partial charge on any atom is 0.387 e. The second kappa shape index (κ2) is 7.36. The van der Waals surface area contributed by atoms with E-state index in [9.17, 15) is 13.6 Å². The fourth-order valence-electron chi connectivity index (χ4n) is 2.56. The zero-order valence-corrected chi connectivity index (χ0v) is 11.9. The molecular formula is C15H20F2N2O2. The van der Waals surface area contributed by atoms with Crippen molar-refractivity contribution in [3.05, 3.63) is 29.8 Å². The van der Waals surface area contributed by atoms with Gasteiger partial charge in [-0.2, -0.15) is 8.78 Å².